The molecule has 2 aliphatic heterocycles. The maximum atomic E-state index is 13.5. The number of likely N-dealkylation sites (tertiary alicyclic amines) is 1. The van der Waals surface area contributed by atoms with Crippen LogP contribution in [0.3, 0.4) is 0 Å². The lowest BCUT2D eigenvalue weighted by Gasteiger charge is -2.41. The van der Waals surface area contributed by atoms with Gasteiger partial charge < -0.3 is 4.90 Å². The minimum atomic E-state index is -3.64. The van der Waals surface area contributed by atoms with Crippen LogP contribution >= 0.6 is 0 Å². The van der Waals surface area contributed by atoms with E-state index < -0.39 is 20.9 Å². The number of sulfonamides is 1. The van der Waals surface area contributed by atoms with E-state index >= 15 is 0 Å². The number of hydrogen-bond donors (Lipinski definition) is 0. The largest absolute Gasteiger partial charge is 0.301 e. The smallest absolute Gasteiger partial charge is 0.256 e. The molecule has 5 rings (SSSR count). The van der Waals surface area contributed by atoms with Crippen molar-refractivity contribution in [3.63, 3.8) is 0 Å². The van der Waals surface area contributed by atoms with Gasteiger partial charge in [0.15, 0.2) is 0 Å². The molecular formula is C32H38N4O3S. The molecule has 0 radical (unpaired) electrons. The summed E-state index contributed by atoms with van der Waals surface area (Å²) in [5.74, 6) is 0.0514. The zero-order valence-corrected chi connectivity index (χ0v) is 24.3. The molecule has 0 aliphatic carbocycles. The van der Waals surface area contributed by atoms with Crippen LogP contribution < -0.4 is 0 Å². The summed E-state index contributed by atoms with van der Waals surface area (Å²) in [6, 6.07) is 28.9. The molecular weight excluding hydrogens is 520 g/mol. The molecule has 0 saturated carbocycles. The molecule has 0 bridgehead atoms. The van der Waals surface area contributed by atoms with Crippen molar-refractivity contribution in [3.8, 4) is 0 Å². The van der Waals surface area contributed by atoms with Crippen molar-refractivity contribution in [1.29, 1.82) is 0 Å². The fourth-order valence-electron chi connectivity index (χ4n) is 6.21. The fraction of sp³-hybridized carbons (Fsp3) is 0.375. The van der Waals surface area contributed by atoms with Crippen molar-refractivity contribution in [1.82, 2.24) is 14.2 Å². The molecule has 1 fully saturated rings. The Hall–Kier alpha value is -3.33. The summed E-state index contributed by atoms with van der Waals surface area (Å²) in [5, 5.41) is 6.16. The van der Waals surface area contributed by atoms with E-state index in [0.29, 0.717) is 24.4 Å². The molecule has 2 aliphatic rings. The molecule has 8 heteroatoms. The van der Waals surface area contributed by atoms with Crippen LogP contribution in [0, 0.1) is 5.41 Å². The monoisotopic (exact) mass is 558 g/mol. The van der Waals surface area contributed by atoms with E-state index in [1.165, 1.54) is 9.31 Å². The van der Waals surface area contributed by atoms with Crippen molar-refractivity contribution in [2.24, 2.45) is 10.5 Å². The van der Waals surface area contributed by atoms with E-state index in [4.69, 9.17) is 0 Å². The van der Waals surface area contributed by atoms with Crippen LogP contribution in [-0.2, 0) is 26.7 Å². The number of piperidine rings is 1. The summed E-state index contributed by atoms with van der Waals surface area (Å²) in [6.45, 7) is 4.65. The molecule has 0 N–H and O–H groups in total. The van der Waals surface area contributed by atoms with Crippen LogP contribution in [0.5, 0.6) is 0 Å². The maximum absolute atomic E-state index is 13.5. The molecule has 1 saturated heterocycles. The number of nitrogens with zero attached hydrogens (tertiary/aromatic N) is 4. The SMILES string of the molecule is CN1N=C2CCN(CCC(C)(CN(C)S(=O)(=O)c3ccccc3)c3ccccc3)CC2(Cc2ccccc2)C1=O. The van der Waals surface area contributed by atoms with Gasteiger partial charge in [-0.3, -0.25) is 4.79 Å². The second kappa shape index (κ2) is 11.3. The lowest BCUT2D eigenvalue weighted by Crippen LogP contribution is -2.54. The lowest BCUT2D eigenvalue weighted by molar-refractivity contribution is -0.136. The molecule has 2 atom stereocenters. The Labute approximate surface area is 238 Å². The van der Waals surface area contributed by atoms with Gasteiger partial charge in [0, 0.05) is 45.6 Å². The van der Waals surface area contributed by atoms with Crippen LogP contribution in [-0.4, -0.2) is 74.5 Å². The average Bonchev–Trinajstić information content (AvgIpc) is 3.22. The molecule has 0 spiro atoms. The van der Waals surface area contributed by atoms with Crippen LogP contribution in [0.2, 0.25) is 0 Å². The van der Waals surface area contributed by atoms with Crippen LogP contribution in [0.25, 0.3) is 0 Å². The summed E-state index contributed by atoms with van der Waals surface area (Å²) in [7, 11) is -0.227. The van der Waals surface area contributed by atoms with E-state index in [9.17, 15) is 13.2 Å². The summed E-state index contributed by atoms with van der Waals surface area (Å²) >= 11 is 0. The molecule has 2 heterocycles. The first kappa shape index (κ1) is 28.2. The maximum Gasteiger partial charge on any atom is 0.256 e. The number of benzene rings is 3. The Morgan fingerprint density at radius 1 is 0.950 bits per heavy atom. The van der Waals surface area contributed by atoms with Crippen LogP contribution in [0.4, 0.5) is 0 Å². The second-order valence-corrected chi connectivity index (χ2v) is 13.4. The first-order valence-electron chi connectivity index (χ1n) is 13.8. The van der Waals surface area contributed by atoms with Crippen molar-refractivity contribution in [2.75, 3.05) is 40.3 Å². The number of fused-ring (bicyclic) bond motifs is 1. The average molecular weight is 559 g/mol. The summed E-state index contributed by atoms with van der Waals surface area (Å²) in [6.07, 6.45) is 2.11. The van der Waals surface area contributed by atoms with Crippen molar-refractivity contribution < 1.29 is 13.2 Å². The molecule has 0 aromatic heterocycles. The zero-order valence-electron chi connectivity index (χ0n) is 23.5. The number of rotatable bonds is 10. The van der Waals surface area contributed by atoms with Crippen LogP contribution in [0.15, 0.2) is 101 Å². The highest BCUT2D eigenvalue weighted by Gasteiger charge is 2.52. The Bertz CT molecular complexity index is 1460. The third-order valence-corrected chi connectivity index (χ3v) is 10.3. The van der Waals surface area contributed by atoms with Gasteiger partial charge in [0.05, 0.1) is 10.6 Å². The predicted molar refractivity (Wildman–Crippen MR) is 159 cm³/mol. The summed E-state index contributed by atoms with van der Waals surface area (Å²) in [4.78, 5) is 16.2. The van der Waals surface area contributed by atoms with E-state index in [2.05, 4.69) is 41.2 Å². The van der Waals surface area contributed by atoms with Gasteiger partial charge in [-0.1, -0.05) is 85.8 Å². The zero-order chi connectivity index (χ0) is 28.4. The van der Waals surface area contributed by atoms with Gasteiger partial charge >= 0.3 is 0 Å². The highest BCUT2D eigenvalue weighted by Crippen LogP contribution is 2.39. The second-order valence-electron chi connectivity index (χ2n) is 11.4. The number of hydrazone groups is 1. The topological polar surface area (TPSA) is 73.3 Å². The standard InChI is InChI=1S/C32H38N4O3S/c1-31(27-15-9-5-10-16-27,24-34(2)40(38,39)28-17-11-6-12-18-28)20-22-36-21-19-29-32(25-36,30(37)35(3)33-29)23-26-13-7-4-8-14-26/h4-18H,19-25H2,1-3H3. The van der Waals surface area contributed by atoms with E-state index in [1.807, 2.05) is 42.5 Å². The van der Waals surface area contributed by atoms with Gasteiger partial charge in [0.25, 0.3) is 5.91 Å². The molecule has 3 aromatic carbocycles. The van der Waals surface area contributed by atoms with Gasteiger partial charge in [-0.15, -0.1) is 0 Å². The quantitative estimate of drug-likeness (QED) is 0.369. The summed E-state index contributed by atoms with van der Waals surface area (Å²) < 4.78 is 28.3. The Morgan fingerprint density at radius 2 is 1.55 bits per heavy atom. The first-order valence-corrected chi connectivity index (χ1v) is 15.3. The normalized spacial score (nSPS) is 21.2. The van der Waals surface area contributed by atoms with Crippen LogP contribution in [0.1, 0.15) is 30.9 Å². The molecule has 3 aromatic rings. The number of amides is 1. The van der Waals surface area contributed by atoms with Gasteiger partial charge in [-0.25, -0.2) is 17.7 Å². The van der Waals surface area contributed by atoms with Gasteiger partial charge in [-0.05, 0) is 42.6 Å². The third kappa shape index (κ3) is 5.48. The highest BCUT2D eigenvalue weighted by molar-refractivity contribution is 7.89. The van der Waals surface area contributed by atoms with Gasteiger partial charge in [0.2, 0.25) is 10.0 Å². The fourth-order valence-corrected chi connectivity index (χ4v) is 7.52. The number of carbonyl (C=O) groups excluding carboxylic acids is 1. The number of hydrogen-bond acceptors (Lipinski definition) is 5. The highest BCUT2D eigenvalue weighted by atomic mass is 32.2. The molecule has 210 valence electrons. The van der Waals surface area contributed by atoms with Crippen molar-refractivity contribution >= 4 is 21.6 Å². The van der Waals surface area contributed by atoms with Crippen molar-refractivity contribution in [3.05, 3.63) is 102 Å². The van der Waals surface area contributed by atoms with E-state index in [-0.39, 0.29) is 5.91 Å². The Kier molecular flexibility index (Phi) is 7.95. The lowest BCUT2D eigenvalue weighted by atomic mass is 9.73. The summed E-state index contributed by atoms with van der Waals surface area (Å²) in [5.41, 5.74) is 2.10. The minimum Gasteiger partial charge on any atom is -0.301 e. The van der Waals surface area contributed by atoms with E-state index in [1.54, 1.807) is 38.4 Å². The Morgan fingerprint density at radius 3 is 2.20 bits per heavy atom. The van der Waals surface area contributed by atoms with Crippen molar-refractivity contribution in [2.45, 2.75) is 36.5 Å². The minimum absolute atomic E-state index is 0.0514. The van der Waals surface area contributed by atoms with Gasteiger partial charge in [-0.2, -0.15) is 5.10 Å². The number of likely N-dealkylation sites (N-methyl/N-ethyl adjacent to an activating group) is 1. The molecule has 40 heavy (non-hydrogen) atoms. The third-order valence-electron chi connectivity index (χ3n) is 8.51. The first-order chi connectivity index (χ1) is 19.1. The molecule has 7 nitrogen and oxygen atoms in total. The Balaban J connectivity index is 1.37. The predicted octanol–water partition coefficient (Wildman–Crippen LogP) is 4.42. The number of carbonyl (C=O) groups is 1. The molecule has 1 amide bonds. The van der Waals surface area contributed by atoms with Gasteiger partial charge in [0.1, 0.15) is 5.41 Å². The van der Waals surface area contributed by atoms with E-state index in [0.717, 1.165) is 42.8 Å². The molecule has 2 unspecified atom stereocenters.